The van der Waals surface area contributed by atoms with E-state index in [1.165, 1.54) is 42.9 Å². The van der Waals surface area contributed by atoms with Crippen LogP contribution in [0.25, 0.3) is 6.08 Å². The molecule has 1 aromatic rings. The Bertz CT molecular complexity index is 626. The summed E-state index contributed by atoms with van der Waals surface area (Å²) in [6.07, 6.45) is 9.86. The summed E-state index contributed by atoms with van der Waals surface area (Å²) in [6, 6.07) is 10.3. The zero-order valence-electron chi connectivity index (χ0n) is 18.7. The first-order valence-electron chi connectivity index (χ1n) is 10.7. The summed E-state index contributed by atoms with van der Waals surface area (Å²) < 4.78 is 5.85. The van der Waals surface area contributed by atoms with Crippen molar-refractivity contribution in [2.45, 2.75) is 96.5 Å². The van der Waals surface area contributed by atoms with Crippen molar-refractivity contribution in [3.05, 3.63) is 41.5 Å². The van der Waals surface area contributed by atoms with Crippen molar-refractivity contribution in [3.8, 4) is 0 Å². The summed E-state index contributed by atoms with van der Waals surface area (Å²) >= 11 is 0. The smallest absolute Gasteiger partial charge is 0.134 e. The molecule has 0 aromatic heterocycles. The van der Waals surface area contributed by atoms with Crippen LogP contribution in [0.15, 0.2) is 30.3 Å². The van der Waals surface area contributed by atoms with E-state index in [1.54, 1.807) is 0 Å². The Morgan fingerprint density at radius 2 is 1.63 bits per heavy atom. The highest BCUT2D eigenvalue weighted by Crippen LogP contribution is 2.39. The Balaban J connectivity index is 1.92. The summed E-state index contributed by atoms with van der Waals surface area (Å²) in [5.41, 5.74) is 3.67. The highest BCUT2D eigenvalue weighted by atomic mass is 28.3. The van der Waals surface area contributed by atoms with E-state index in [4.69, 9.17) is 4.74 Å². The van der Waals surface area contributed by atoms with Gasteiger partial charge in [-0.2, -0.15) is 0 Å². The maximum absolute atomic E-state index is 5.85. The van der Waals surface area contributed by atoms with Gasteiger partial charge in [-0.05, 0) is 65.1 Å². The van der Waals surface area contributed by atoms with Gasteiger partial charge in [0, 0.05) is 17.7 Å². The summed E-state index contributed by atoms with van der Waals surface area (Å²) in [7, 11) is -1.67. The fraction of sp³-hybridized carbons (Fsp3) is 0.667. The minimum Gasteiger partial charge on any atom is -0.376 e. The molecule has 1 N–H and O–H groups in total. The third-order valence-electron chi connectivity index (χ3n) is 5.27. The predicted octanol–water partition coefficient (Wildman–Crippen LogP) is 6.68. The molecule has 152 valence electrons. The number of hydrogen-bond donors (Lipinski definition) is 1. The van der Waals surface area contributed by atoms with Crippen LogP contribution < -0.4 is 4.98 Å². The van der Waals surface area contributed by atoms with Gasteiger partial charge in [0.05, 0.1) is 5.60 Å². The van der Waals surface area contributed by atoms with Crippen LogP contribution in [-0.2, 0) is 4.74 Å². The molecule has 0 heterocycles. The highest BCUT2D eigenvalue weighted by molar-refractivity contribution is 6.78. The van der Waals surface area contributed by atoms with Gasteiger partial charge in [0.1, 0.15) is 8.24 Å². The van der Waals surface area contributed by atoms with Crippen LogP contribution >= 0.6 is 0 Å². The molecule has 0 saturated heterocycles. The minimum atomic E-state index is -1.67. The van der Waals surface area contributed by atoms with Gasteiger partial charge in [-0.25, -0.2) is 0 Å². The number of unbranched alkanes of at least 4 members (excludes halogenated alkanes) is 3. The number of fused-ring (bicyclic) bond motifs is 1. The average molecular weight is 388 g/mol. The standard InChI is InChI=1S/C24H41NOSi/c1-23(2,3)25-27(7,19-13-9-8-12-18-26-24(4,5)6)22-17-16-20-14-10-11-15-21(20)22/h10-11,14-17,22,25H,8-9,12-13,18-19H2,1-7H3. The molecule has 2 unspecified atom stereocenters. The molecule has 0 fully saturated rings. The second-order valence-electron chi connectivity index (χ2n) is 10.4. The normalized spacial score (nSPS) is 19.1. The maximum Gasteiger partial charge on any atom is 0.134 e. The Morgan fingerprint density at radius 3 is 2.30 bits per heavy atom. The third-order valence-corrected chi connectivity index (χ3v) is 9.86. The SMILES string of the molecule is CC(C)(C)N[Si](C)(CCCCCCOC(C)(C)C)C1C=Cc2ccccc21. The number of rotatable bonds is 9. The third kappa shape index (κ3) is 7.21. The summed E-state index contributed by atoms with van der Waals surface area (Å²) in [5, 5.41) is 0. The number of nitrogens with one attached hydrogen (secondary N) is 1. The van der Waals surface area contributed by atoms with E-state index in [1.807, 2.05) is 0 Å². The average Bonchev–Trinajstić information content (AvgIpc) is 2.96. The van der Waals surface area contributed by atoms with Crippen LogP contribution in [0.5, 0.6) is 0 Å². The van der Waals surface area contributed by atoms with Crippen LogP contribution in [0.1, 0.15) is 83.9 Å². The molecular formula is C24H41NOSi. The topological polar surface area (TPSA) is 21.3 Å². The summed E-state index contributed by atoms with van der Waals surface area (Å²) in [5.74, 6) is 0. The molecule has 0 saturated carbocycles. The molecule has 0 aliphatic heterocycles. The molecule has 2 nitrogen and oxygen atoms in total. The van der Waals surface area contributed by atoms with Crippen molar-refractivity contribution in [1.82, 2.24) is 4.98 Å². The maximum atomic E-state index is 5.85. The molecule has 1 aliphatic carbocycles. The monoisotopic (exact) mass is 387 g/mol. The minimum absolute atomic E-state index is 0.00961. The molecule has 1 aromatic carbocycles. The van der Waals surface area contributed by atoms with E-state index in [9.17, 15) is 0 Å². The van der Waals surface area contributed by atoms with Crippen LogP contribution in [0.4, 0.5) is 0 Å². The zero-order valence-corrected chi connectivity index (χ0v) is 19.7. The van der Waals surface area contributed by atoms with Gasteiger partial charge in [-0.15, -0.1) is 0 Å². The van der Waals surface area contributed by atoms with E-state index in [0.29, 0.717) is 5.54 Å². The first-order valence-corrected chi connectivity index (χ1v) is 13.5. The van der Waals surface area contributed by atoms with Crippen molar-refractivity contribution in [3.63, 3.8) is 0 Å². The van der Waals surface area contributed by atoms with Gasteiger partial charge in [0.25, 0.3) is 0 Å². The van der Waals surface area contributed by atoms with E-state index in [0.717, 1.165) is 6.61 Å². The molecule has 1 aliphatic rings. The van der Waals surface area contributed by atoms with Gasteiger partial charge in [0.2, 0.25) is 0 Å². The first-order chi connectivity index (χ1) is 12.5. The second-order valence-corrected chi connectivity index (χ2v) is 14.6. The largest absolute Gasteiger partial charge is 0.376 e. The van der Waals surface area contributed by atoms with Gasteiger partial charge in [0.15, 0.2) is 0 Å². The van der Waals surface area contributed by atoms with E-state index >= 15 is 0 Å². The Hall–Kier alpha value is -0.903. The van der Waals surface area contributed by atoms with Crippen LogP contribution in [0.2, 0.25) is 12.6 Å². The van der Waals surface area contributed by atoms with E-state index in [2.05, 4.69) is 89.5 Å². The van der Waals surface area contributed by atoms with Crippen LogP contribution in [0.3, 0.4) is 0 Å². The lowest BCUT2D eigenvalue weighted by molar-refractivity contribution is -0.00471. The van der Waals surface area contributed by atoms with Crippen molar-refractivity contribution >= 4 is 14.3 Å². The fourth-order valence-corrected chi connectivity index (χ4v) is 9.04. The number of benzene rings is 1. The molecule has 2 atom stereocenters. The molecule has 2 rings (SSSR count). The van der Waals surface area contributed by atoms with Crippen molar-refractivity contribution in [2.75, 3.05) is 6.61 Å². The van der Waals surface area contributed by atoms with E-state index < -0.39 is 8.24 Å². The molecule has 0 radical (unpaired) electrons. The van der Waals surface area contributed by atoms with E-state index in [-0.39, 0.29) is 11.1 Å². The Labute approximate surface area is 168 Å². The number of hydrogen-bond acceptors (Lipinski definition) is 2. The highest BCUT2D eigenvalue weighted by Gasteiger charge is 2.40. The number of ether oxygens (including phenoxy) is 1. The zero-order chi connectivity index (χ0) is 20.1. The lowest BCUT2D eigenvalue weighted by atomic mass is 10.1. The van der Waals surface area contributed by atoms with Crippen LogP contribution in [0, 0.1) is 0 Å². The molecule has 0 bridgehead atoms. The van der Waals surface area contributed by atoms with Crippen molar-refractivity contribution in [2.24, 2.45) is 0 Å². The molecule has 27 heavy (non-hydrogen) atoms. The lowest BCUT2D eigenvalue weighted by Gasteiger charge is -2.40. The lowest BCUT2D eigenvalue weighted by Crippen LogP contribution is -2.59. The van der Waals surface area contributed by atoms with Crippen LogP contribution in [-0.4, -0.2) is 26.0 Å². The molecular weight excluding hydrogens is 346 g/mol. The molecule has 0 spiro atoms. The molecule has 3 heteroatoms. The van der Waals surface area contributed by atoms with Gasteiger partial charge in [-0.3, -0.25) is 0 Å². The van der Waals surface area contributed by atoms with Gasteiger partial charge >= 0.3 is 0 Å². The quantitative estimate of drug-likeness (QED) is 0.377. The fourth-order valence-electron chi connectivity index (χ4n) is 4.28. The predicted molar refractivity (Wildman–Crippen MR) is 122 cm³/mol. The molecule has 0 amide bonds. The summed E-state index contributed by atoms with van der Waals surface area (Å²) in [4.78, 5) is 4.10. The Kier molecular flexibility index (Phi) is 7.52. The van der Waals surface area contributed by atoms with Gasteiger partial charge < -0.3 is 9.72 Å². The van der Waals surface area contributed by atoms with Crippen molar-refractivity contribution in [1.29, 1.82) is 0 Å². The first kappa shape index (κ1) is 22.4. The second kappa shape index (κ2) is 9.06. The Morgan fingerprint density at radius 1 is 0.963 bits per heavy atom. The number of allylic oxidation sites excluding steroid dienone is 1. The van der Waals surface area contributed by atoms with Gasteiger partial charge in [-0.1, -0.05) is 62.2 Å². The summed E-state index contributed by atoms with van der Waals surface area (Å²) in [6.45, 7) is 16.8. The van der Waals surface area contributed by atoms with Crippen molar-refractivity contribution < 1.29 is 4.74 Å².